The summed E-state index contributed by atoms with van der Waals surface area (Å²) in [5, 5.41) is 6.06. The van der Waals surface area contributed by atoms with Crippen LogP contribution in [0.3, 0.4) is 0 Å². The lowest BCUT2D eigenvalue weighted by Crippen LogP contribution is -2.23. The van der Waals surface area contributed by atoms with E-state index in [2.05, 4.69) is 16.7 Å². The molecule has 1 aliphatic carbocycles. The molecule has 2 rings (SSSR count). The van der Waals surface area contributed by atoms with E-state index in [-0.39, 0.29) is 5.91 Å². The zero-order valence-electron chi connectivity index (χ0n) is 11.5. The molecule has 19 heavy (non-hydrogen) atoms. The summed E-state index contributed by atoms with van der Waals surface area (Å²) in [6, 6.07) is 8.11. The maximum atomic E-state index is 11.8. The van der Waals surface area contributed by atoms with Gasteiger partial charge in [-0.3, -0.25) is 4.79 Å². The lowest BCUT2D eigenvalue weighted by molar-refractivity contribution is -0.120. The van der Waals surface area contributed by atoms with Gasteiger partial charge in [0.2, 0.25) is 5.91 Å². The molecule has 1 aliphatic rings. The molecule has 0 heterocycles. The first-order chi connectivity index (χ1) is 9.28. The minimum Gasteiger partial charge on any atom is -0.388 e. The van der Waals surface area contributed by atoms with Crippen LogP contribution in [0.15, 0.2) is 35.9 Å². The highest BCUT2D eigenvalue weighted by Gasteiger charge is 2.08. The highest BCUT2D eigenvalue weighted by molar-refractivity contribution is 5.78. The molecule has 0 aromatic heterocycles. The minimum atomic E-state index is 0.130. The smallest absolute Gasteiger partial charge is 0.224 e. The molecule has 0 atom stereocenters. The van der Waals surface area contributed by atoms with Gasteiger partial charge in [-0.2, -0.15) is 0 Å². The average molecular weight is 258 g/mol. The fourth-order valence-corrected chi connectivity index (χ4v) is 2.32. The van der Waals surface area contributed by atoms with Crippen molar-refractivity contribution in [2.75, 3.05) is 12.4 Å². The molecule has 0 fully saturated rings. The Morgan fingerprint density at radius 1 is 1.21 bits per heavy atom. The fourth-order valence-electron chi connectivity index (χ4n) is 2.32. The molecular formula is C16H22N2O. The average Bonchev–Trinajstić information content (AvgIpc) is 2.47. The number of anilines is 1. The number of rotatable bonds is 5. The van der Waals surface area contributed by atoms with Crippen LogP contribution in [-0.4, -0.2) is 13.0 Å². The van der Waals surface area contributed by atoms with Crippen molar-refractivity contribution < 1.29 is 4.79 Å². The molecule has 3 nitrogen and oxygen atoms in total. The van der Waals surface area contributed by atoms with E-state index in [1.165, 1.54) is 18.4 Å². The van der Waals surface area contributed by atoms with Gasteiger partial charge in [0.15, 0.2) is 0 Å². The summed E-state index contributed by atoms with van der Waals surface area (Å²) in [5.74, 6) is 0.130. The van der Waals surface area contributed by atoms with Crippen molar-refractivity contribution in [2.24, 2.45) is 0 Å². The lowest BCUT2D eigenvalue weighted by Gasteiger charge is -2.12. The van der Waals surface area contributed by atoms with Crippen molar-refractivity contribution >= 4 is 11.6 Å². The molecule has 0 saturated carbocycles. The first kappa shape index (κ1) is 13.7. The Hall–Kier alpha value is -1.77. The molecule has 0 unspecified atom stereocenters. The minimum absolute atomic E-state index is 0.130. The zero-order chi connectivity index (χ0) is 13.5. The van der Waals surface area contributed by atoms with E-state index in [4.69, 9.17) is 0 Å². The predicted molar refractivity (Wildman–Crippen MR) is 79.0 cm³/mol. The molecule has 1 aromatic carbocycles. The van der Waals surface area contributed by atoms with E-state index in [1.54, 1.807) is 0 Å². The standard InChI is InChI=1S/C16H22N2O/c1-17-15-9-7-14(8-10-15)12-18-16(19)11-13-5-3-2-4-6-13/h5,7-10,17H,2-4,6,11-12H2,1H3,(H,18,19). The highest BCUT2D eigenvalue weighted by Crippen LogP contribution is 2.19. The maximum Gasteiger partial charge on any atom is 0.224 e. The summed E-state index contributed by atoms with van der Waals surface area (Å²) < 4.78 is 0. The Kier molecular flexibility index (Phi) is 5.01. The van der Waals surface area contributed by atoms with E-state index < -0.39 is 0 Å². The molecule has 3 heteroatoms. The van der Waals surface area contributed by atoms with E-state index >= 15 is 0 Å². The van der Waals surface area contributed by atoms with Gasteiger partial charge in [0.05, 0.1) is 0 Å². The van der Waals surface area contributed by atoms with Crippen LogP contribution < -0.4 is 10.6 Å². The maximum absolute atomic E-state index is 11.8. The second kappa shape index (κ2) is 6.98. The molecule has 1 aromatic rings. The lowest BCUT2D eigenvalue weighted by atomic mass is 9.97. The van der Waals surface area contributed by atoms with Crippen LogP contribution in [0.2, 0.25) is 0 Å². The van der Waals surface area contributed by atoms with E-state index in [0.717, 1.165) is 24.1 Å². The van der Waals surface area contributed by atoms with Gasteiger partial charge in [0.1, 0.15) is 0 Å². The van der Waals surface area contributed by atoms with Gasteiger partial charge in [-0.25, -0.2) is 0 Å². The first-order valence-electron chi connectivity index (χ1n) is 6.99. The molecule has 2 N–H and O–H groups in total. The number of carbonyl (C=O) groups is 1. The summed E-state index contributed by atoms with van der Waals surface area (Å²) >= 11 is 0. The van der Waals surface area contributed by atoms with E-state index in [1.807, 2.05) is 31.3 Å². The van der Waals surface area contributed by atoms with Crippen molar-refractivity contribution in [1.29, 1.82) is 0 Å². The fraction of sp³-hybridized carbons (Fsp3) is 0.438. The van der Waals surface area contributed by atoms with Gasteiger partial charge in [-0.15, -0.1) is 0 Å². The van der Waals surface area contributed by atoms with Gasteiger partial charge in [-0.1, -0.05) is 23.8 Å². The summed E-state index contributed by atoms with van der Waals surface area (Å²) in [6.07, 6.45) is 7.51. The van der Waals surface area contributed by atoms with Crippen LogP contribution in [0, 0.1) is 0 Å². The summed E-state index contributed by atoms with van der Waals surface area (Å²) in [4.78, 5) is 11.8. The van der Waals surface area contributed by atoms with Gasteiger partial charge >= 0.3 is 0 Å². The van der Waals surface area contributed by atoms with Crippen molar-refractivity contribution in [3.8, 4) is 0 Å². The SMILES string of the molecule is CNc1ccc(CNC(=O)CC2=CCCCC2)cc1. The van der Waals surface area contributed by atoms with Gasteiger partial charge in [0, 0.05) is 25.7 Å². The van der Waals surface area contributed by atoms with Crippen LogP contribution in [0.1, 0.15) is 37.7 Å². The number of nitrogens with one attached hydrogen (secondary N) is 2. The quantitative estimate of drug-likeness (QED) is 0.796. The van der Waals surface area contributed by atoms with E-state index in [9.17, 15) is 4.79 Å². The van der Waals surface area contributed by atoms with Gasteiger partial charge in [-0.05, 0) is 43.4 Å². The van der Waals surface area contributed by atoms with Crippen LogP contribution in [-0.2, 0) is 11.3 Å². The number of hydrogen-bond donors (Lipinski definition) is 2. The molecule has 0 spiro atoms. The van der Waals surface area contributed by atoms with Crippen LogP contribution >= 0.6 is 0 Å². The Morgan fingerprint density at radius 2 is 2.00 bits per heavy atom. The van der Waals surface area contributed by atoms with Crippen LogP contribution in [0.4, 0.5) is 5.69 Å². The zero-order valence-corrected chi connectivity index (χ0v) is 11.5. The Bertz CT molecular complexity index is 448. The monoisotopic (exact) mass is 258 g/mol. The van der Waals surface area contributed by atoms with Crippen LogP contribution in [0.25, 0.3) is 0 Å². The van der Waals surface area contributed by atoms with Gasteiger partial charge in [0.25, 0.3) is 0 Å². The van der Waals surface area contributed by atoms with Crippen molar-refractivity contribution in [2.45, 2.75) is 38.6 Å². The van der Waals surface area contributed by atoms with Crippen LogP contribution in [0.5, 0.6) is 0 Å². The Morgan fingerprint density at radius 3 is 2.63 bits per heavy atom. The molecule has 0 saturated heterocycles. The number of hydrogen-bond acceptors (Lipinski definition) is 2. The first-order valence-corrected chi connectivity index (χ1v) is 6.99. The van der Waals surface area contributed by atoms with Crippen molar-refractivity contribution in [3.63, 3.8) is 0 Å². The largest absolute Gasteiger partial charge is 0.388 e. The summed E-state index contributed by atoms with van der Waals surface area (Å²) in [7, 11) is 1.90. The highest BCUT2D eigenvalue weighted by atomic mass is 16.1. The third-order valence-corrected chi connectivity index (χ3v) is 3.50. The molecule has 1 amide bonds. The number of amides is 1. The molecule has 0 bridgehead atoms. The Balaban J connectivity index is 1.77. The van der Waals surface area contributed by atoms with E-state index in [0.29, 0.717) is 13.0 Å². The topological polar surface area (TPSA) is 41.1 Å². The molecule has 102 valence electrons. The van der Waals surface area contributed by atoms with Crippen molar-refractivity contribution in [1.82, 2.24) is 5.32 Å². The summed E-state index contributed by atoms with van der Waals surface area (Å²) in [5.41, 5.74) is 3.52. The van der Waals surface area contributed by atoms with Crippen molar-refractivity contribution in [3.05, 3.63) is 41.5 Å². The molecular weight excluding hydrogens is 236 g/mol. The number of benzene rings is 1. The Labute approximate surface area is 115 Å². The third kappa shape index (κ3) is 4.43. The second-order valence-electron chi connectivity index (χ2n) is 5.01. The third-order valence-electron chi connectivity index (χ3n) is 3.50. The number of allylic oxidation sites excluding steroid dienone is 1. The molecule has 0 radical (unpaired) electrons. The summed E-state index contributed by atoms with van der Waals surface area (Å²) in [6.45, 7) is 0.607. The second-order valence-corrected chi connectivity index (χ2v) is 5.01. The predicted octanol–water partition coefficient (Wildman–Crippen LogP) is 3.24. The van der Waals surface area contributed by atoms with Gasteiger partial charge < -0.3 is 10.6 Å². The number of carbonyl (C=O) groups excluding carboxylic acids is 1. The normalized spacial score (nSPS) is 14.7. The molecule has 0 aliphatic heterocycles.